The number of aromatic nitrogens is 2. The Balaban J connectivity index is 1.78. The molecule has 1 aliphatic carbocycles. The highest BCUT2D eigenvalue weighted by Gasteiger charge is 2.31. The number of benzene rings is 1. The largest absolute Gasteiger partial charge is 0.416 e. The first kappa shape index (κ1) is 14.8. The zero-order chi connectivity index (χ0) is 15.7. The van der Waals surface area contributed by atoms with E-state index in [9.17, 15) is 18.0 Å². The Morgan fingerprint density at radius 1 is 1.23 bits per heavy atom. The fraction of sp³-hybridized carbons (Fsp3) is 0.375. The molecule has 0 fully saturated rings. The Kier molecular flexibility index (Phi) is 3.76. The number of H-pyrrole nitrogens is 1. The smallest absolute Gasteiger partial charge is 0.345 e. The first-order chi connectivity index (χ1) is 10.4. The predicted molar refractivity (Wildman–Crippen MR) is 74.7 cm³/mol. The molecule has 0 bridgehead atoms. The van der Waals surface area contributed by atoms with E-state index in [2.05, 4.69) is 9.97 Å². The quantitative estimate of drug-likeness (QED) is 0.878. The number of hydrogen-bond donors (Lipinski definition) is 1. The molecule has 2 aromatic rings. The molecule has 22 heavy (non-hydrogen) atoms. The zero-order valence-electron chi connectivity index (χ0n) is 11.8. The normalized spacial score (nSPS) is 14.7. The highest BCUT2D eigenvalue weighted by atomic mass is 19.4. The average molecular weight is 308 g/mol. The fourth-order valence-corrected chi connectivity index (χ4v) is 2.72. The third-order valence-corrected chi connectivity index (χ3v) is 3.84. The monoisotopic (exact) mass is 308 g/mol. The molecule has 1 N–H and O–H groups in total. The number of carbonyl (C=O) groups is 1. The highest BCUT2D eigenvalue weighted by Crippen LogP contribution is 2.29. The van der Waals surface area contributed by atoms with Crippen molar-refractivity contribution in [3.63, 3.8) is 0 Å². The molecule has 3 rings (SSSR count). The summed E-state index contributed by atoms with van der Waals surface area (Å²) in [5, 5.41) is 0. The van der Waals surface area contributed by atoms with Gasteiger partial charge in [-0.05, 0) is 37.8 Å². The highest BCUT2D eigenvalue weighted by molar-refractivity contribution is 5.97. The summed E-state index contributed by atoms with van der Waals surface area (Å²) >= 11 is 0. The standard InChI is InChI=1S/C16H15F3N2O/c17-16(18,19)11-5-3-4-10(8-11)14(22)9-15-20-12-6-1-2-7-13(12)21-15/h3-5,8H,1-2,6-7,9H2,(H,20,21). The van der Waals surface area contributed by atoms with Gasteiger partial charge in [-0.3, -0.25) is 4.79 Å². The van der Waals surface area contributed by atoms with E-state index in [1.807, 2.05) is 0 Å². The van der Waals surface area contributed by atoms with E-state index in [1.54, 1.807) is 0 Å². The van der Waals surface area contributed by atoms with Crippen LogP contribution in [0.5, 0.6) is 0 Å². The van der Waals surface area contributed by atoms with Crippen molar-refractivity contribution >= 4 is 5.78 Å². The van der Waals surface area contributed by atoms with E-state index in [4.69, 9.17) is 0 Å². The van der Waals surface area contributed by atoms with Crippen molar-refractivity contribution in [3.8, 4) is 0 Å². The predicted octanol–water partition coefficient (Wildman–Crippen LogP) is 3.73. The molecule has 1 aromatic heterocycles. The van der Waals surface area contributed by atoms with Crippen molar-refractivity contribution in [1.29, 1.82) is 0 Å². The Morgan fingerprint density at radius 3 is 2.73 bits per heavy atom. The minimum Gasteiger partial charge on any atom is -0.345 e. The third-order valence-electron chi connectivity index (χ3n) is 3.84. The van der Waals surface area contributed by atoms with E-state index in [0.29, 0.717) is 5.82 Å². The van der Waals surface area contributed by atoms with Gasteiger partial charge in [0.25, 0.3) is 0 Å². The van der Waals surface area contributed by atoms with Gasteiger partial charge in [-0.1, -0.05) is 12.1 Å². The van der Waals surface area contributed by atoms with Crippen molar-refractivity contribution in [1.82, 2.24) is 9.97 Å². The van der Waals surface area contributed by atoms with Crippen molar-refractivity contribution in [3.05, 3.63) is 52.6 Å². The van der Waals surface area contributed by atoms with Gasteiger partial charge in [0.05, 0.1) is 17.7 Å². The molecule has 1 heterocycles. The lowest BCUT2D eigenvalue weighted by Gasteiger charge is -2.07. The summed E-state index contributed by atoms with van der Waals surface area (Å²) in [5.41, 5.74) is 1.29. The molecule has 116 valence electrons. The topological polar surface area (TPSA) is 45.8 Å². The number of aromatic amines is 1. The van der Waals surface area contributed by atoms with Crippen LogP contribution >= 0.6 is 0 Å². The van der Waals surface area contributed by atoms with Gasteiger partial charge < -0.3 is 4.98 Å². The summed E-state index contributed by atoms with van der Waals surface area (Å²) in [6.07, 6.45) is -0.465. The van der Waals surface area contributed by atoms with Crippen LogP contribution in [0.2, 0.25) is 0 Å². The van der Waals surface area contributed by atoms with Crippen LogP contribution in [0.3, 0.4) is 0 Å². The lowest BCUT2D eigenvalue weighted by molar-refractivity contribution is -0.137. The van der Waals surface area contributed by atoms with Crippen LogP contribution < -0.4 is 0 Å². The van der Waals surface area contributed by atoms with Gasteiger partial charge in [-0.15, -0.1) is 0 Å². The molecule has 0 spiro atoms. The van der Waals surface area contributed by atoms with Crippen LogP contribution in [0.25, 0.3) is 0 Å². The molecule has 1 aliphatic rings. The van der Waals surface area contributed by atoms with Gasteiger partial charge >= 0.3 is 6.18 Å². The number of alkyl halides is 3. The summed E-state index contributed by atoms with van der Waals surface area (Å²) in [5.74, 6) is 0.173. The molecule has 0 unspecified atom stereocenters. The molecule has 0 amide bonds. The lowest BCUT2D eigenvalue weighted by atomic mass is 10.0. The van der Waals surface area contributed by atoms with Crippen molar-refractivity contribution in [2.24, 2.45) is 0 Å². The van der Waals surface area contributed by atoms with Gasteiger partial charge in [-0.2, -0.15) is 13.2 Å². The minimum absolute atomic E-state index is 0.00564. The molecular weight excluding hydrogens is 293 g/mol. The number of ketones is 1. The van der Waals surface area contributed by atoms with Crippen LogP contribution in [0, 0.1) is 0 Å². The first-order valence-corrected chi connectivity index (χ1v) is 7.20. The number of halogens is 3. The number of nitrogens with one attached hydrogen (secondary N) is 1. The van der Waals surface area contributed by atoms with Gasteiger partial charge in [0.15, 0.2) is 5.78 Å². The molecule has 3 nitrogen and oxygen atoms in total. The van der Waals surface area contributed by atoms with Gasteiger partial charge in [0.2, 0.25) is 0 Å². The second kappa shape index (κ2) is 5.59. The lowest BCUT2D eigenvalue weighted by Crippen LogP contribution is -2.09. The number of fused-ring (bicyclic) bond motifs is 1. The van der Waals surface area contributed by atoms with Crippen LogP contribution in [-0.2, 0) is 25.4 Å². The van der Waals surface area contributed by atoms with E-state index in [0.717, 1.165) is 49.2 Å². The molecule has 0 aliphatic heterocycles. The van der Waals surface area contributed by atoms with Crippen molar-refractivity contribution in [2.45, 2.75) is 38.3 Å². The number of aryl methyl sites for hydroxylation is 2. The number of carbonyl (C=O) groups excluding carboxylic acids is 1. The van der Waals surface area contributed by atoms with Gasteiger partial charge in [0.1, 0.15) is 5.82 Å². The number of hydrogen-bond acceptors (Lipinski definition) is 2. The summed E-state index contributed by atoms with van der Waals surface area (Å²) in [6.45, 7) is 0. The maximum atomic E-state index is 12.7. The van der Waals surface area contributed by atoms with E-state index in [-0.39, 0.29) is 17.8 Å². The van der Waals surface area contributed by atoms with E-state index < -0.39 is 11.7 Å². The SMILES string of the molecule is O=C(Cc1nc2c([nH]1)CCCC2)c1cccc(C(F)(F)F)c1. The van der Waals surface area contributed by atoms with Gasteiger partial charge in [0, 0.05) is 11.3 Å². The maximum Gasteiger partial charge on any atom is 0.416 e. The Morgan fingerprint density at radius 2 is 2.00 bits per heavy atom. The third kappa shape index (κ3) is 3.05. The Bertz CT molecular complexity index is 680. The molecule has 0 saturated carbocycles. The molecule has 0 atom stereocenters. The van der Waals surface area contributed by atoms with Crippen LogP contribution in [0.15, 0.2) is 24.3 Å². The van der Waals surface area contributed by atoms with Crippen LogP contribution in [0.1, 0.15) is 46.0 Å². The summed E-state index contributed by atoms with van der Waals surface area (Å²) in [6, 6.07) is 4.51. The number of rotatable bonds is 3. The average Bonchev–Trinajstić information content (AvgIpc) is 2.88. The molecule has 0 radical (unpaired) electrons. The summed E-state index contributed by atoms with van der Waals surface area (Å²) < 4.78 is 38.0. The van der Waals surface area contributed by atoms with Crippen LogP contribution in [0.4, 0.5) is 13.2 Å². The maximum absolute atomic E-state index is 12.7. The minimum atomic E-state index is -4.44. The second-order valence-electron chi connectivity index (χ2n) is 5.49. The van der Waals surface area contributed by atoms with Crippen molar-refractivity contribution < 1.29 is 18.0 Å². The molecular formula is C16H15F3N2O. The summed E-state index contributed by atoms with van der Waals surface area (Å²) in [7, 11) is 0. The first-order valence-electron chi connectivity index (χ1n) is 7.20. The Hall–Kier alpha value is -2.11. The number of Topliss-reactive ketones (excluding diaryl/α,β-unsaturated/α-hetero) is 1. The molecule has 0 saturated heterocycles. The molecule has 1 aromatic carbocycles. The fourth-order valence-electron chi connectivity index (χ4n) is 2.72. The molecule has 6 heteroatoms. The summed E-state index contributed by atoms with van der Waals surface area (Å²) in [4.78, 5) is 19.7. The number of imidazole rings is 1. The second-order valence-corrected chi connectivity index (χ2v) is 5.49. The Labute approximate surface area is 125 Å². The van der Waals surface area contributed by atoms with Crippen LogP contribution in [-0.4, -0.2) is 15.8 Å². The van der Waals surface area contributed by atoms with E-state index >= 15 is 0 Å². The number of nitrogens with zero attached hydrogens (tertiary/aromatic N) is 1. The zero-order valence-corrected chi connectivity index (χ0v) is 11.8. The van der Waals surface area contributed by atoms with Crippen molar-refractivity contribution in [2.75, 3.05) is 0 Å². The van der Waals surface area contributed by atoms with Gasteiger partial charge in [-0.25, -0.2) is 4.98 Å². The van der Waals surface area contributed by atoms with E-state index in [1.165, 1.54) is 12.1 Å².